The number of halogens is 2. The van der Waals surface area contributed by atoms with E-state index in [1.807, 2.05) is 0 Å². The lowest BCUT2D eigenvalue weighted by Gasteiger charge is -2.36. The van der Waals surface area contributed by atoms with Crippen molar-refractivity contribution in [3.8, 4) is 0 Å². The van der Waals surface area contributed by atoms with Crippen molar-refractivity contribution in [3.05, 3.63) is 35.6 Å². The van der Waals surface area contributed by atoms with Crippen LogP contribution in [0.15, 0.2) is 24.3 Å². The Hall–Kier alpha value is -1.18. The molecular weight excluding hydrogens is 319 g/mol. The van der Waals surface area contributed by atoms with Gasteiger partial charge in [-0.25, -0.2) is 12.8 Å². The average molecular weight is 337 g/mol. The van der Waals surface area contributed by atoms with Crippen LogP contribution in [0.2, 0.25) is 0 Å². The van der Waals surface area contributed by atoms with E-state index in [9.17, 15) is 17.6 Å². The fourth-order valence-electron chi connectivity index (χ4n) is 2.32. The van der Waals surface area contributed by atoms with E-state index in [1.165, 1.54) is 17.0 Å². The molecule has 8 heteroatoms. The van der Waals surface area contributed by atoms with E-state index in [1.54, 1.807) is 12.1 Å². The zero-order valence-electron chi connectivity index (χ0n) is 11.6. The third kappa shape index (κ3) is 4.94. The first-order chi connectivity index (χ1) is 9.37. The standard InChI is InChI=1S/C13H17FN2O3S.ClH/c1-20(18,19)9-13(17)16-6-5-15-8-12(16)10-3-2-4-11(14)7-10;/h2-4,7,12,15H,5-6,8-9H2,1H3;1H. The molecule has 1 aliphatic heterocycles. The van der Waals surface area contributed by atoms with Crippen LogP contribution in [-0.4, -0.2) is 50.9 Å². The second-order valence-corrected chi connectivity index (χ2v) is 7.07. The lowest BCUT2D eigenvalue weighted by atomic mass is 10.0. The first-order valence-electron chi connectivity index (χ1n) is 6.30. The van der Waals surface area contributed by atoms with E-state index in [0.29, 0.717) is 25.2 Å². The Morgan fingerprint density at radius 3 is 2.81 bits per heavy atom. The third-order valence-electron chi connectivity index (χ3n) is 3.18. The predicted octanol–water partition coefficient (Wildman–Crippen LogP) is 0.765. The highest BCUT2D eigenvalue weighted by atomic mass is 35.5. The predicted molar refractivity (Wildman–Crippen MR) is 80.7 cm³/mol. The average Bonchev–Trinajstić information content (AvgIpc) is 2.37. The minimum absolute atomic E-state index is 0. The summed E-state index contributed by atoms with van der Waals surface area (Å²) in [7, 11) is -3.37. The van der Waals surface area contributed by atoms with Gasteiger partial charge < -0.3 is 10.2 Å². The van der Waals surface area contributed by atoms with Gasteiger partial charge in [-0.2, -0.15) is 0 Å². The van der Waals surface area contributed by atoms with Crippen LogP contribution < -0.4 is 5.32 Å². The highest BCUT2D eigenvalue weighted by Gasteiger charge is 2.29. The monoisotopic (exact) mass is 336 g/mol. The molecule has 0 spiro atoms. The highest BCUT2D eigenvalue weighted by Crippen LogP contribution is 2.23. The topological polar surface area (TPSA) is 66.5 Å². The molecule has 1 unspecified atom stereocenters. The Bertz CT molecular complexity index is 609. The number of nitrogens with one attached hydrogen (secondary N) is 1. The van der Waals surface area contributed by atoms with Gasteiger partial charge in [-0.15, -0.1) is 12.4 Å². The summed E-state index contributed by atoms with van der Waals surface area (Å²) in [4.78, 5) is 13.6. The molecule has 0 saturated carbocycles. The van der Waals surface area contributed by atoms with E-state index in [0.717, 1.165) is 6.26 Å². The molecule has 1 aromatic carbocycles. The molecule has 2 rings (SSSR count). The van der Waals surface area contributed by atoms with Crippen LogP contribution in [-0.2, 0) is 14.6 Å². The number of nitrogens with zero attached hydrogens (tertiary/aromatic N) is 1. The van der Waals surface area contributed by atoms with Gasteiger partial charge in [0.05, 0.1) is 6.04 Å². The Kier molecular flexibility index (Phi) is 6.12. The summed E-state index contributed by atoms with van der Waals surface area (Å²) in [5, 5.41) is 3.13. The van der Waals surface area contributed by atoms with Crippen molar-refractivity contribution < 1.29 is 17.6 Å². The molecule has 0 bridgehead atoms. The van der Waals surface area contributed by atoms with Crippen molar-refractivity contribution in [1.29, 1.82) is 0 Å². The van der Waals surface area contributed by atoms with Gasteiger partial charge >= 0.3 is 0 Å². The van der Waals surface area contributed by atoms with Gasteiger partial charge in [0.15, 0.2) is 9.84 Å². The summed E-state index contributed by atoms with van der Waals surface area (Å²) in [6.45, 7) is 1.50. The fraction of sp³-hybridized carbons (Fsp3) is 0.462. The number of carbonyl (C=O) groups excluding carboxylic acids is 1. The van der Waals surface area contributed by atoms with Gasteiger partial charge in [0.25, 0.3) is 0 Å². The number of carbonyl (C=O) groups is 1. The van der Waals surface area contributed by atoms with Crippen molar-refractivity contribution in [2.45, 2.75) is 6.04 Å². The zero-order valence-corrected chi connectivity index (χ0v) is 13.2. The summed E-state index contributed by atoms with van der Waals surface area (Å²) in [6.07, 6.45) is 1.03. The Morgan fingerprint density at radius 1 is 1.48 bits per heavy atom. The molecule has 1 heterocycles. The minimum Gasteiger partial charge on any atom is -0.332 e. The second-order valence-electron chi connectivity index (χ2n) is 4.93. The Balaban J connectivity index is 0.00000220. The van der Waals surface area contributed by atoms with E-state index >= 15 is 0 Å². The van der Waals surface area contributed by atoms with Crippen molar-refractivity contribution >= 4 is 28.2 Å². The SMILES string of the molecule is CS(=O)(=O)CC(=O)N1CCNCC1c1cccc(F)c1.Cl. The molecule has 1 amide bonds. The van der Waals surface area contributed by atoms with Crippen LogP contribution in [0.5, 0.6) is 0 Å². The first kappa shape index (κ1) is 17.9. The zero-order chi connectivity index (χ0) is 14.8. The van der Waals surface area contributed by atoms with Crippen molar-refractivity contribution in [2.75, 3.05) is 31.6 Å². The van der Waals surface area contributed by atoms with Crippen molar-refractivity contribution in [3.63, 3.8) is 0 Å². The van der Waals surface area contributed by atoms with E-state index in [4.69, 9.17) is 0 Å². The molecule has 1 saturated heterocycles. The van der Waals surface area contributed by atoms with Crippen LogP contribution in [0.3, 0.4) is 0 Å². The van der Waals surface area contributed by atoms with Crippen LogP contribution in [0, 0.1) is 5.82 Å². The number of hydrogen-bond donors (Lipinski definition) is 1. The summed E-state index contributed by atoms with van der Waals surface area (Å²) in [5.74, 6) is -1.33. The molecule has 21 heavy (non-hydrogen) atoms. The smallest absolute Gasteiger partial charge is 0.238 e. The molecule has 1 fully saturated rings. The molecule has 1 aliphatic rings. The highest BCUT2D eigenvalue weighted by molar-refractivity contribution is 7.91. The van der Waals surface area contributed by atoms with Gasteiger partial charge in [-0.3, -0.25) is 4.79 Å². The molecule has 1 atom stereocenters. The molecule has 0 aromatic heterocycles. The minimum atomic E-state index is -3.37. The maximum Gasteiger partial charge on any atom is 0.238 e. The summed E-state index contributed by atoms with van der Waals surface area (Å²) in [6, 6.07) is 5.69. The summed E-state index contributed by atoms with van der Waals surface area (Å²) < 4.78 is 35.8. The number of piperazine rings is 1. The molecule has 1 aromatic rings. The van der Waals surface area contributed by atoms with Gasteiger partial charge in [-0.1, -0.05) is 12.1 Å². The number of sulfone groups is 1. The van der Waals surface area contributed by atoms with Crippen molar-refractivity contribution in [1.82, 2.24) is 10.2 Å². The number of rotatable bonds is 3. The molecule has 1 N–H and O–H groups in total. The number of benzene rings is 1. The summed E-state index contributed by atoms with van der Waals surface area (Å²) >= 11 is 0. The molecule has 5 nitrogen and oxygen atoms in total. The molecule has 118 valence electrons. The lowest BCUT2D eigenvalue weighted by molar-refractivity contribution is -0.131. The van der Waals surface area contributed by atoms with E-state index < -0.39 is 21.5 Å². The van der Waals surface area contributed by atoms with Gasteiger partial charge in [-0.05, 0) is 17.7 Å². The van der Waals surface area contributed by atoms with Crippen molar-refractivity contribution in [2.24, 2.45) is 0 Å². The lowest BCUT2D eigenvalue weighted by Crippen LogP contribution is -2.50. The van der Waals surface area contributed by atoms with Crippen LogP contribution in [0.25, 0.3) is 0 Å². The van der Waals surface area contributed by atoms with Crippen LogP contribution in [0.1, 0.15) is 11.6 Å². The van der Waals surface area contributed by atoms with E-state index in [2.05, 4.69) is 5.32 Å². The summed E-state index contributed by atoms with van der Waals surface area (Å²) in [5.41, 5.74) is 0.666. The first-order valence-corrected chi connectivity index (χ1v) is 8.36. The quantitative estimate of drug-likeness (QED) is 0.885. The normalized spacial score (nSPS) is 19.0. The molecular formula is C13H18ClFN2O3S. The Morgan fingerprint density at radius 2 is 2.19 bits per heavy atom. The number of amides is 1. The molecule has 0 aliphatic carbocycles. The van der Waals surface area contributed by atoms with Crippen LogP contribution >= 0.6 is 12.4 Å². The van der Waals surface area contributed by atoms with Crippen LogP contribution in [0.4, 0.5) is 4.39 Å². The fourth-order valence-corrected chi connectivity index (χ4v) is 2.94. The van der Waals surface area contributed by atoms with Gasteiger partial charge in [0, 0.05) is 25.9 Å². The molecule has 0 radical (unpaired) electrons. The third-order valence-corrected chi connectivity index (χ3v) is 3.95. The van der Waals surface area contributed by atoms with Gasteiger partial charge in [0.2, 0.25) is 5.91 Å². The number of hydrogen-bond acceptors (Lipinski definition) is 4. The second kappa shape index (κ2) is 7.20. The largest absolute Gasteiger partial charge is 0.332 e. The Labute approximate surface area is 129 Å². The maximum atomic E-state index is 13.3. The van der Waals surface area contributed by atoms with E-state index in [-0.39, 0.29) is 24.3 Å². The maximum absolute atomic E-state index is 13.3. The van der Waals surface area contributed by atoms with Gasteiger partial charge in [0.1, 0.15) is 11.6 Å².